The molecule has 0 aliphatic heterocycles. The Morgan fingerprint density at radius 2 is 1.78 bits per heavy atom. The van der Waals surface area contributed by atoms with Gasteiger partial charge in [-0.3, -0.25) is 4.79 Å². The first-order valence-corrected chi connectivity index (χ1v) is 7.67. The van der Waals surface area contributed by atoms with Crippen molar-refractivity contribution in [2.75, 3.05) is 19.5 Å². The van der Waals surface area contributed by atoms with Gasteiger partial charge in [-0.25, -0.2) is 0 Å². The second-order valence-electron chi connectivity index (χ2n) is 5.14. The molecule has 8 heteroatoms. The number of methoxy groups -OCH3 is 2. The Bertz CT molecular complexity index is 874. The molecular weight excluding hydrogens is 358 g/mol. The number of nitriles is 1. The number of carbonyl (C=O) groups is 1. The van der Waals surface area contributed by atoms with Gasteiger partial charge in [0.25, 0.3) is 5.91 Å². The average molecular weight is 374 g/mol. The van der Waals surface area contributed by atoms with Crippen LogP contribution in [0, 0.1) is 11.3 Å². The van der Waals surface area contributed by atoms with E-state index >= 15 is 0 Å². The van der Waals surface area contributed by atoms with Crippen molar-refractivity contribution in [1.29, 1.82) is 5.26 Å². The topological polar surface area (TPSA) is 80.6 Å². The molecule has 2 aromatic rings. The van der Waals surface area contributed by atoms with Crippen LogP contribution in [0.3, 0.4) is 0 Å². The molecule has 0 unspecified atom stereocenters. The van der Waals surface area contributed by atoms with Crippen LogP contribution in [-0.2, 0) is 4.79 Å². The molecule has 0 spiro atoms. The summed E-state index contributed by atoms with van der Waals surface area (Å²) in [7, 11) is 2.93. The number of nitrogens with one attached hydrogen (secondary N) is 1. The van der Waals surface area contributed by atoms with Crippen LogP contribution in [0.1, 0.15) is 5.56 Å². The molecule has 0 aliphatic rings. The molecule has 0 radical (unpaired) electrons. The summed E-state index contributed by atoms with van der Waals surface area (Å²) in [5.74, 6) is 0.223. The predicted molar refractivity (Wildman–Crippen MR) is 94.8 cm³/mol. The summed E-state index contributed by atoms with van der Waals surface area (Å²) in [6.07, 6.45) is 1.33. The van der Waals surface area contributed by atoms with Gasteiger partial charge in [0.2, 0.25) is 0 Å². The summed E-state index contributed by atoms with van der Waals surface area (Å²) in [5, 5.41) is 11.9. The minimum absolute atomic E-state index is 0.0220. The summed E-state index contributed by atoms with van der Waals surface area (Å²) in [6.45, 7) is -2.93. The minimum atomic E-state index is -2.93. The van der Waals surface area contributed by atoms with Crippen molar-refractivity contribution < 1.29 is 27.8 Å². The van der Waals surface area contributed by atoms with Crippen molar-refractivity contribution in [2.45, 2.75) is 6.61 Å². The lowest BCUT2D eigenvalue weighted by molar-refractivity contribution is -0.112. The Labute approximate surface area is 154 Å². The van der Waals surface area contributed by atoms with Gasteiger partial charge in [-0.2, -0.15) is 14.0 Å². The molecule has 0 atom stereocenters. The van der Waals surface area contributed by atoms with E-state index in [1.807, 2.05) is 6.07 Å². The van der Waals surface area contributed by atoms with Gasteiger partial charge < -0.3 is 19.5 Å². The van der Waals surface area contributed by atoms with Crippen LogP contribution in [0.15, 0.2) is 48.0 Å². The molecule has 140 valence electrons. The normalized spacial score (nSPS) is 10.9. The fraction of sp³-hybridized carbons (Fsp3) is 0.158. The van der Waals surface area contributed by atoms with Crippen molar-refractivity contribution in [3.8, 4) is 23.3 Å². The molecule has 2 aromatic carbocycles. The Kier molecular flexibility index (Phi) is 6.72. The number of amides is 1. The van der Waals surface area contributed by atoms with Crippen LogP contribution in [0.25, 0.3) is 6.08 Å². The fourth-order valence-electron chi connectivity index (χ4n) is 2.16. The zero-order valence-corrected chi connectivity index (χ0v) is 14.5. The summed E-state index contributed by atoms with van der Waals surface area (Å²) in [5.41, 5.74) is 0.631. The van der Waals surface area contributed by atoms with E-state index in [4.69, 9.17) is 9.47 Å². The van der Waals surface area contributed by atoms with E-state index in [-0.39, 0.29) is 11.3 Å². The third-order valence-corrected chi connectivity index (χ3v) is 3.44. The second kappa shape index (κ2) is 9.20. The third-order valence-electron chi connectivity index (χ3n) is 3.44. The van der Waals surface area contributed by atoms with Crippen molar-refractivity contribution >= 4 is 17.7 Å². The molecule has 0 saturated heterocycles. The van der Waals surface area contributed by atoms with Gasteiger partial charge in [-0.1, -0.05) is 12.1 Å². The summed E-state index contributed by atoms with van der Waals surface area (Å²) < 4.78 is 38.9. The van der Waals surface area contributed by atoms with Crippen LogP contribution in [0.5, 0.6) is 17.2 Å². The third kappa shape index (κ3) is 5.44. The summed E-state index contributed by atoms with van der Waals surface area (Å²) >= 11 is 0. The molecule has 0 aliphatic carbocycles. The molecule has 1 N–H and O–H groups in total. The molecule has 27 heavy (non-hydrogen) atoms. The number of hydrogen-bond acceptors (Lipinski definition) is 5. The van der Waals surface area contributed by atoms with E-state index < -0.39 is 12.5 Å². The van der Waals surface area contributed by atoms with Gasteiger partial charge in [-0.15, -0.1) is 0 Å². The molecule has 1 amide bonds. The monoisotopic (exact) mass is 374 g/mol. The van der Waals surface area contributed by atoms with Gasteiger partial charge in [0.05, 0.1) is 19.9 Å². The molecule has 6 nitrogen and oxygen atoms in total. The van der Waals surface area contributed by atoms with Crippen LogP contribution in [0.2, 0.25) is 0 Å². The van der Waals surface area contributed by atoms with Crippen LogP contribution in [0.4, 0.5) is 14.5 Å². The number of anilines is 1. The maximum Gasteiger partial charge on any atom is 0.387 e. The number of hydrogen-bond donors (Lipinski definition) is 1. The first-order chi connectivity index (χ1) is 13.0. The van der Waals surface area contributed by atoms with Gasteiger partial charge in [0.1, 0.15) is 28.9 Å². The lowest BCUT2D eigenvalue weighted by Gasteiger charge is -2.11. The quantitative estimate of drug-likeness (QED) is 0.588. The van der Waals surface area contributed by atoms with E-state index in [0.29, 0.717) is 22.7 Å². The largest absolute Gasteiger partial charge is 0.497 e. The van der Waals surface area contributed by atoms with Crippen molar-refractivity contribution in [2.24, 2.45) is 0 Å². The van der Waals surface area contributed by atoms with Crippen LogP contribution >= 0.6 is 0 Å². The Hall–Kier alpha value is -3.60. The van der Waals surface area contributed by atoms with Crippen LogP contribution in [-0.4, -0.2) is 26.7 Å². The highest BCUT2D eigenvalue weighted by Crippen LogP contribution is 2.29. The number of carbonyl (C=O) groups excluding carboxylic acids is 1. The fourth-order valence-corrected chi connectivity index (χ4v) is 2.16. The van der Waals surface area contributed by atoms with Crippen molar-refractivity contribution in [3.05, 3.63) is 53.6 Å². The number of rotatable bonds is 7. The number of ether oxygens (including phenoxy) is 3. The summed E-state index contributed by atoms with van der Waals surface area (Å²) in [4.78, 5) is 12.4. The lowest BCUT2D eigenvalue weighted by Crippen LogP contribution is -2.14. The maximum atomic E-state index is 12.4. The average Bonchev–Trinajstić information content (AvgIpc) is 2.66. The van der Waals surface area contributed by atoms with Gasteiger partial charge in [0.15, 0.2) is 0 Å². The SMILES string of the molecule is COc1ccc(OC)c(NC(=O)C(C#N)=Cc2ccc(OC(F)F)cc2)c1. The highest BCUT2D eigenvalue weighted by Gasteiger charge is 2.13. The minimum Gasteiger partial charge on any atom is -0.497 e. The van der Waals surface area contributed by atoms with Crippen molar-refractivity contribution in [3.63, 3.8) is 0 Å². The maximum absolute atomic E-state index is 12.4. The first-order valence-electron chi connectivity index (χ1n) is 7.67. The zero-order valence-electron chi connectivity index (χ0n) is 14.5. The van der Waals surface area contributed by atoms with E-state index in [9.17, 15) is 18.8 Å². The van der Waals surface area contributed by atoms with E-state index in [1.54, 1.807) is 18.2 Å². The highest BCUT2D eigenvalue weighted by molar-refractivity contribution is 6.10. The van der Waals surface area contributed by atoms with Gasteiger partial charge in [0, 0.05) is 6.07 Å². The smallest absolute Gasteiger partial charge is 0.387 e. The highest BCUT2D eigenvalue weighted by atomic mass is 19.3. The molecular formula is C19H16F2N2O4. The Balaban J connectivity index is 2.21. The summed E-state index contributed by atoms with van der Waals surface area (Å²) in [6, 6.07) is 12.2. The number of halogens is 2. The van der Waals surface area contributed by atoms with Crippen molar-refractivity contribution in [1.82, 2.24) is 0 Å². The van der Waals surface area contributed by atoms with E-state index in [1.165, 1.54) is 44.6 Å². The number of nitrogens with zero attached hydrogens (tertiary/aromatic N) is 1. The zero-order chi connectivity index (χ0) is 19.8. The first kappa shape index (κ1) is 19.7. The predicted octanol–water partition coefficient (Wildman–Crippen LogP) is 3.85. The van der Waals surface area contributed by atoms with Gasteiger partial charge in [-0.05, 0) is 35.9 Å². The van der Waals surface area contributed by atoms with Gasteiger partial charge >= 0.3 is 6.61 Å². The number of alkyl halides is 2. The van der Waals surface area contributed by atoms with Crippen LogP contribution < -0.4 is 19.5 Å². The Morgan fingerprint density at radius 3 is 2.33 bits per heavy atom. The van der Waals surface area contributed by atoms with E-state index in [2.05, 4.69) is 10.1 Å². The van der Waals surface area contributed by atoms with E-state index in [0.717, 1.165) is 0 Å². The molecule has 0 saturated carbocycles. The molecule has 2 rings (SSSR count). The standard InChI is InChI=1S/C19H16F2N2O4/c1-25-15-7-8-17(26-2)16(10-15)23-18(24)13(11-22)9-12-3-5-14(6-4-12)27-19(20)21/h3-10,19H,1-2H3,(H,23,24). The molecule has 0 aromatic heterocycles. The lowest BCUT2D eigenvalue weighted by atomic mass is 10.1. The Morgan fingerprint density at radius 1 is 1.11 bits per heavy atom. The number of benzene rings is 2. The second-order valence-corrected chi connectivity index (χ2v) is 5.14. The molecule has 0 bridgehead atoms. The molecule has 0 heterocycles. The molecule has 0 fully saturated rings.